The lowest BCUT2D eigenvalue weighted by Crippen LogP contribution is -2.25. The van der Waals surface area contributed by atoms with Crippen molar-refractivity contribution in [3.05, 3.63) is 12.5 Å². The van der Waals surface area contributed by atoms with E-state index in [-0.39, 0.29) is 11.3 Å². The summed E-state index contributed by atoms with van der Waals surface area (Å²) in [6, 6.07) is 0. The summed E-state index contributed by atoms with van der Waals surface area (Å²) >= 11 is 5.95. The maximum absolute atomic E-state index is 11.7. The molecule has 1 N–H and O–H groups in total. The number of H-pyrrole nitrogens is 1. The maximum atomic E-state index is 11.7. The maximum Gasteiger partial charge on any atom is 0.229 e. The van der Waals surface area contributed by atoms with E-state index < -0.39 is 0 Å². The predicted octanol–water partition coefficient (Wildman–Crippen LogP) is 0.697. The summed E-state index contributed by atoms with van der Waals surface area (Å²) in [7, 11) is 0. The first kappa shape index (κ1) is 9.53. The number of fused-ring (bicyclic) bond motifs is 1. The Hall–Kier alpha value is -1.69. The Morgan fingerprint density at radius 1 is 1.50 bits per heavy atom. The number of aromatic nitrogens is 4. The molecule has 0 aromatic carbocycles. The molecule has 1 aliphatic rings. The van der Waals surface area contributed by atoms with Crippen molar-refractivity contribution in [3.63, 3.8) is 0 Å². The molecular formula is C9H8ClN5O. The first-order chi connectivity index (χ1) is 7.75. The summed E-state index contributed by atoms with van der Waals surface area (Å²) in [5.41, 5.74) is 0.621. The molecule has 2 aromatic rings. The third-order valence-corrected chi connectivity index (χ3v) is 2.85. The van der Waals surface area contributed by atoms with E-state index >= 15 is 0 Å². The molecule has 1 aliphatic heterocycles. The molecule has 3 heterocycles. The monoisotopic (exact) mass is 237 g/mol. The molecular weight excluding hydrogens is 230 g/mol. The second-order valence-corrected chi connectivity index (χ2v) is 4.25. The average Bonchev–Trinajstić information content (AvgIpc) is 2.84. The molecule has 1 unspecified atom stereocenters. The van der Waals surface area contributed by atoms with E-state index in [4.69, 9.17) is 11.6 Å². The number of carbonyl (C=O) groups is 1. The van der Waals surface area contributed by atoms with Gasteiger partial charge in [-0.25, -0.2) is 9.97 Å². The van der Waals surface area contributed by atoms with E-state index in [1.54, 1.807) is 11.1 Å². The molecule has 1 fully saturated rings. The van der Waals surface area contributed by atoms with Crippen LogP contribution in [-0.4, -0.2) is 38.0 Å². The second kappa shape index (κ2) is 3.41. The van der Waals surface area contributed by atoms with Crippen LogP contribution < -0.4 is 4.90 Å². The van der Waals surface area contributed by atoms with Gasteiger partial charge in [-0.1, -0.05) is 0 Å². The van der Waals surface area contributed by atoms with Crippen molar-refractivity contribution in [2.24, 2.45) is 0 Å². The van der Waals surface area contributed by atoms with Crippen molar-refractivity contribution in [1.82, 2.24) is 20.2 Å². The van der Waals surface area contributed by atoms with Crippen LogP contribution in [0.5, 0.6) is 0 Å². The highest BCUT2D eigenvalue weighted by Crippen LogP contribution is 2.27. The summed E-state index contributed by atoms with van der Waals surface area (Å²) in [5.74, 6) is 0.563. The smallest absolute Gasteiger partial charge is 0.229 e. The molecule has 6 nitrogen and oxygen atoms in total. The highest BCUT2D eigenvalue weighted by Gasteiger charge is 2.31. The largest absolute Gasteiger partial charge is 0.295 e. The predicted molar refractivity (Wildman–Crippen MR) is 58.3 cm³/mol. The molecule has 0 bridgehead atoms. The second-order valence-electron chi connectivity index (χ2n) is 3.64. The number of carbonyl (C=O) groups excluding carboxylic acids is 1. The summed E-state index contributed by atoms with van der Waals surface area (Å²) < 4.78 is 0. The summed E-state index contributed by atoms with van der Waals surface area (Å²) in [5, 5.41) is 7.21. The van der Waals surface area contributed by atoms with Gasteiger partial charge in [-0.05, 0) is 0 Å². The lowest BCUT2D eigenvalue weighted by atomic mass is 10.3. The van der Waals surface area contributed by atoms with E-state index in [0.29, 0.717) is 24.4 Å². The molecule has 1 amide bonds. The van der Waals surface area contributed by atoms with Gasteiger partial charge in [0.15, 0.2) is 5.65 Å². The number of nitrogens with zero attached hydrogens (tertiary/aromatic N) is 4. The normalized spacial score (nSPS) is 20.9. The molecule has 0 spiro atoms. The van der Waals surface area contributed by atoms with Crippen LogP contribution in [0.4, 0.5) is 5.82 Å². The number of alkyl halides is 1. The molecule has 7 heteroatoms. The van der Waals surface area contributed by atoms with Crippen molar-refractivity contribution >= 4 is 34.4 Å². The molecule has 16 heavy (non-hydrogen) atoms. The Morgan fingerprint density at radius 3 is 3.12 bits per heavy atom. The first-order valence-electron chi connectivity index (χ1n) is 4.84. The van der Waals surface area contributed by atoms with E-state index in [9.17, 15) is 4.79 Å². The van der Waals surface area contributed by atoms with Gasteiger partial charge in [-0.3, -0.25) is 14.8 Å². The lowest BCUT2D eigenvalue weighted by molar-refractivity contribution is -0.117. The highest BCUT2D eigenvalue weighted by molar-refractivity contribution is 6.24. The number of aromatic amines is 1. The topological polar surface area (TPSA) is 74.8 Å². The van der Waals surface area contributed by atoms with Gasteiger partial charge in [0, 0.05) is 13.0 Å². The summed E-state index contributed by atoms with van der Waals surface area (Å²) in [4.78, 5) is 21.4. The van der Waals surface area contributed by atoms with Crippen molar-refractivity contribution in [2.45, 2.75) is 11.8 Å². The van der Waals surface area contributed by atoms with Gasteiger partial charge in [-0.2, -0.15) is 5.10 Å². The Labute approximate surface area is 95.6 Å². The van der Waals surface area contributed by atoms with Gasteiger partial charge in [0.05, 0.1) is 17.0 Å². The van der Waals surface area contributed by atoms with E-state index in [1.165, 1.54) is 6.33 Å². The number of hydrogen-bond acceptors (Lipinski definition) is 4. The molecule has 0 radical (unpaired) electrons. The molecule has 1 atom stereocenters. The summed E-state index contributed by atoms with van der Waals surface area (Å²) in [6.07, 6.45) is 3.37. The fraction of sp³-hybridized carbons (Fsp3) is 0.333. The Kier molecular flexibility index (Phi) is 2.03. The molecule has 0 saturated carbocycles. The number of halogens is 1. The molecule has 2 aromatic heterocycles. The van der Waals surface area contributed by atoms with Crippen molar-refractivity contribution < 1.29 is 4.79 Å². The fourth-order valence-corrected chi connectivity index (χ4v) is 2.11. The number of anilines is 1. The van der Waals surface area contributed by atoms with Crippen molar-refractivity contribution in [1.29, 1.82) is 0 Å². The standard InChI is InChI=1S/C9H8ClN5O/c10-5-1-7(16)15(3-5)9-6-2-13-14-8(6)11-4-12-9/h2,4-5H,1,3H2,(H,11,12,13,14). The first-order valence-corrected chi connectivity index (χ1v) is 5.28. The van der Waals surface area contributed by atoms with E-state index in [1.807, 2.05) is 0 Å². The fourth-order valence-electron chi connectivity index (χ4n) is 1.84. The van der Waals surface area contributed by atoms with Crippen LogP contribution >= 0.6 is 11.6 Å². The van der Waals surface area contributed by atoms with Crippen LogP contribution in [0.2, 0.25) is 0 Å². The zero-order chi connectivity index (χ0) is 11.1. The highest BCUT2D eigenvalue weighted by atomic mass is 35.5. The Bertz CT molecular complexity index is 554. The minimum atomic E-state index is -0.149. The third kappa shape index (κ3) is 1.34. The van der Waals surface area contributed by atoms with Gasteiger partial charge in [-0.15, -0.1) is 11.6 Å². The lowest BCUT2D eigenvalue weighted by Gasteiger charge is -2.14. The molecule has 0 aliphatic carbocycles. The number of rotatable bonds is 1. The van der Waals surface area contributed by atoms with E-state index in [0.717, 1.165) is 5.39 Å². The third-order valence-electron chi connectivity index (χ3n) is 2.56. The van der Waals surface area contributed by atoms with Gasteiger partial charge in [0.25, 0.3) is 0 Å². The van der Waals surface area contributed by atoms with Crippen molar-refractivity contribution in [3.8, 4) is 0 Å². The van der Waals surface area contributed by atoms with E-state index in [2.05, 4.69) is 20.2 Å². The number of nitrogens with one attached hydrogen (secondary N) is 1. The molecule has 1 saturated heterocycles. The minimum Gasteiger partial charge on any atom is -0.295 e. The Balaban J connectivity index is 2.12. The van der Waals surface area contributed by atoms with Crippen LogP contribution in [-0.2, 0) is 4.79 Å². The summed E-state index contributed by atoms with van der Waals surface area (Å²) in [6.45, 7) is 0.484. The van der Waals surface area contributed by atoms with Gasteiger partial charge in [0.2, 0.25) is 5.91 Å². The average molecular weight is 238 g/mol. The van der Waals surface area contributed by atoms with Crippen molar-refractivity contribution in [2.75, 3.05) is 11.4 Å². The zero-order valence-corrected chi connectivity index (χ0v) is 8.98. The number of amides is 1. The molecule has 82 valence electrons. The van der Waals surface area contributed by atoms with Gasteiger partial charge in [0.1, 0.15) is 12.1 Å². The van der Waals surface area contributed by atoms with Crippen LogP contribution in [0.3, 0.4) is 0 Å². The van der Waals surface area contributed by atoms with Gasteiger partial charge < -0.3 is 0 Å². The van der Waals surface area contributed by atoms with Crippen LogP contribution in [0.25, 0.3) is 11.0 Å². The molecule has 3 rings (SSSR count). The van der Waals surface area contributed by atoms with Crippen LogP contribution in [0.15, 0.2) is 12.5 Å². The van der Waals surface area contributed by atoms with Crippen LogP contribution in [0, 0.1) is 0 Å². The Morgan fingerprint density at radius 2 is 2.38 bits per heavy atom. The van der Waals surface area contributed by atoms with Crippen LogP contribution in [0.1, 0.15) is 6.42 Å². The van der Waals surface area contributed by atoms with Gasteiger partial charge >= 0.3 is 0 Å². The quantitative estimate of drug-likeness (QED) is 0.741. The SMILES string of the molecule is O=C1CC(Cl)CN1c1ncnc2[nH]ncc12. The number of hydrogen-bond donors (Lipinski definition) is 1. The minimum absolute atomic E-state index is 0.0128. The zero-order valence-electron chi connectivity index (χ0n) is 8.22.